The normalized spacial score (nSPS) is 26.8. The zero-order chi connectivity index (χ0) is 27.0. The molecule has 3 unspecified atom stereocenters. The van der Waals surface area contributed by atoms with E-state index in [0.717, 1.165) is 11.1 Å². The van der Waals surface area contributed by atoms with Crippen molar-refractivity contribution in [1.82, 2.24) is 15.3 Å². The highest BCUT2D eigenvalue weighted by atomic mass is 16.5. The molecule has 0 radical (unpaired) electrons. The molecule has 3 N–H and O–H groups in total. The summed E-state index contributed by atoms with van der Waals surface area (Å²) in [6, 6.07) is 22.8. The monoisotopic (exact) mass is 520 g/mol. The van der Waals surface area contributed by atoms with E-state index in [-0.39, 0.29) is 0 Å². The van der Waals surface area contributed by atoms with E-state index in [9.17, 15) is 15.5 Å². The largest absolute Gasteiger partial charge is 0.495 e. The van der Waals surface area contributed by atoms with Crippen LogP contribution in [-0.4, -0.2) is 39.9 Å². The molecule has 8 heteroatoms. The van der Waals surface area contributed by atoms with Gasteiger partial charge < -0.3 is 25.0 Å². The van der Waals surface area contributed by atoms with Crippen molar-refractivity contribution in [1.29, 1.82) is 5.26 Å². The van der Waals surface area contributed by atoms with Crippen LogP contribution in [0.5, 0.6) is 11.5 Å². The molecule has 2 aromatic heterocycles. The molecule has 1 aliphatic heterocycles. The average molecular weight is 521 g/mol. The van der Waals surface area contributed by atoms with Gasteiger partial charge >= 0.3 is 0 Å². The molecule has 8 nitrogen and oxygen atoms in total. The fraction of sp³-hybridized carbons (Fsp3) is 0.258. The maximum absolute atomic E-state index is 12.8. The number of methoxy groups -OCH3 is 1. The molecule has 0 amide bonds. The van der Waals surface area contributed by atoms with Crippen LogP contribution in [-0.2, 0) is 17.7 Å². The van der Waals surface area contributed by atoms with Crippen LogP contribution in [0.4, 0.5) is 0 Å². The summed E-state index contributed by atoms with van der Waals surface area (Å²) in [5, 5.41) is 37.9. The van der Waals surface area contributed by atoms with Gasteiger partial charge in [0.1, 0.15) is 11.5 Å². The number of benzene rings is 2. The average Bonchev–Trinajstić information content (AvgIpc) is 3.36. The number of aliphatic hydroxyl groups is 2. The highest BCUT2D eigenvalue weighted by Crippen LogP contribution is 2.69. The molecule has 3 heterocycles. The van der Waals surface area contributed by atoms with Gasteiger partial charge in [0.05, 0.1) is 42.8 Å². The van der Waals surface area contributed by atoms with Crippen LogP contribution in [0, 0.1) is 17.2 Å². The van der Waals surface area contributed by atoms with Crippen LogP contribution in [0.3, 0.4) is 0 Å². The number of nitrogens with zero attached hydrogens (tertiary/aromatic N) is 3. The van der Waals surface area contributed by atoms with Gasteiger partial charge in [0.2, 0.25) is 0 Å². The number of ether oxygens (including phenoxy) is 2. The number of fused-ring (bicyclic) bond motifs is 3. The van der Waals surface area contributed by atoms with Gasteiger partial charge in [-0.1, -0.05) is 48.5 Å². The predicted octanol–water partition coefficient (Wildman–Crippen LogP) is 3.40. The first kappa shape index (κ1) is 25.0. The number of nitrogens with one attached hydrogen (secondary N) is 1. The number of pyridine rings is 2. The molecule has 196 valence electrons. The van der Waals surface area contributed by atoms with Crippen molar-refractivity contribution in [2.75, 3.05) is 13.7 Å². The summed E-state index contributed by atoms with van der Waals surface area (Å²) in [4.78, 5) is 8.45. The van der Waals surface area contributed by atoms with Crippen LogP contribution in [0.25, 0.3) is 0 Å². The summed E-state index contributed by atoms with van der Waals surface area (Å²) < 4.78 is 12.4. The Hall–Kier alpha value is -4.29. The summed E-state index contributed by atoms with van der Waals surface area (Å²) in [5.74, 6) is -0.260. The van der Waals surface area contributed by atoms with Crippen LogP contribution in [0.15, 0.2) is 91.5 Å². The Bertz CT molecular complexity index is 1510. The van der Waals surface area contributed by atoms with Crippen LogP contribution >= 0.6 is 0 Å². The molecule has 4 aromatic rings. The van der Waals surface area contributed by atoms with Crippen molar-refractivity contribution in [2.24, 2.45) is 5.92 Å². The van der Waals surface area contributed by atoms with Crippen LogP contribution < -0.4 is 14.8 Å². The molecule has 39 heavy (non-hydrogen) atoms. The molecule has 0 spiro atoms. The molecule has 6 rings (SSSR count). The van der Waals surface area contributed by atoms with Gasteiger partial charge in [0.15, 0.2) is 11.2 Å². The zero-order valence-corrected chi connectivity index (χ0v) is 21.4. The van der Waals surface area contributed by atoms with Gasteiger partial charge in [0, 0.05) is 37.3 Å². The second-order valence-corrected chi connectivity index (χ2v) is 10.00. The second kappa shape index (κ2) is 9.79. The van der Waals surface area contributed by atoms with E-state index in [2.05, 4.69) is 21.4 Å². The number of nitriles is 1. The van der Waals surface area contributed by atoms with Crippen molar-refractivity contribution >= 4 is 0 Å². The summed E-state index contributed by atoms with van der Waals surface area (Å²) in [5.41, 5.74) is 0.101. The third kappa shape index (κ3) is 3.70. The second-order valence-electron chi connectivity index (χ2n) is 10.00. The first-order chi connectivity index (χ1) is 19.0. The highest BCUT2D eigenvalue weighted by Gasteiger charge is 2.76. The fourth-order valence-electron chi connectivity index (χ4n) is 6.44. The quantitative estimate of drug-likeness (QED) is 0.339. The maximum atomic E-state index is 12.8. The third-order valence-corrected chi connectivity index (χ3v) is 8.05. The number of hydrogen-bond donors (Lipinski definition) is 3. The smallest absolute Gasteiger partial charge is 0.177 e. The maximum Gasteiger partial charge on any atom is 0.177 e. The SMILES string of the molecule is COc1cncc2c1C1(O)[C@H](O)[C@H](CNCc3cccnc3)C(c3ccccc3)C1(c1ccc(C#N)cc1)O2. The molecule has 5 atom stereocenters. The van der Waals surface area contributed by atoms with E-state index in [1.807, 2.05) is 42.5 Å². The molecule has 1 aliphatic carbocycles. The minimum atomic E-state index is -1.88. The standard InChI is InChI=1S/C31H28N4O4/c1-38-25-18-35-19-26-28(25)30(37)29(36)24(17-34-16-21-6-5-13-33-15-21)27(22-7-3-2-4-8-22)31(30,39-26)23-11-9-20(14-32)10-12-23/h2-13,15,18-19,24,27,29,34,36-37H,16-17H2,1H3/t24-,27?,29-,30?,31?/m1/s1. The van der Waals surface area contributed by atoms with Crippen molar-refractivity contribution < 1.29 is 19.7 Å². The number of rotatable bonds is 7. The summed E-state index contributed by atoms with van der Waals surface area (Å²) >= 11 is 0. The Morgan fingerprint density at radius 2 is 1.82 bits per heavy atom. The van der Waals surface area contributed by atoms with Crippen molar-refractivity contribution in [3.8, 4) is 17.6 Å². The van der Waals surface area contributed by atoms with Gasteiger partial charge in [-0.05, 0) is 34.9 Å². The van der Waals surface area contributed by atoms with E-state index in [4.69, 9.17) is 9.47 Å². The molecule has 0 bridgehead atoms. The molecular formula is C31H28N4O4. The van der Waals surface area contributed by atoms with Gasteiger partial charge in [-0.15, -0.1) is 0 Å². The lowest BCUT2D eigenvalue weighted by molar-refractivity contribution is -0.152. The van der Waals surface area contributed by atoms with Crippen molar-refractivity contribution in [3.05, 3.63) is 119 Å². The molecule has 1 saturated carbocycles. The van der Waals surface area contributed by atoms with Gasteiger partial charge in [-0.3, -0.25) is 9.97 Å². The minimum Gasteiger partial charge on any atom is -0.495 e. The van der Waals surface area contributed by atoms with E-state index < -0.39 is 29.1 Å². The van der Waals surface area contributed by atoms with E-state index in [1.54, 1.807) is 42.9 Å². The Labute approximate surface area is 226 Å². The third-order valence-electron chi connectivity index (χ3n) is 8.05. The molecular weight excluding hydrogens is 492 g/mol. The number of aliphatic hydroxyl groups excluding tert-OH is 1. The lowest BCUT2D eigenvalue weighted by atomic mass is 9.70. The zero-order valence-electron chi connectivity index (χ0n) is 21.4. The topological polar surface area (TPSA) is 121 Å². The van der Waals surface area contributed by atoms with Crippen molar-refractivity contribution in [2.45, 2.75) is 29.8 Å². The van der Waals surface area contributed by atoms with Crippen molar-refractivity contribution in [3.63, 3.8) is 0 Å². The molecule has 2 aliphatic rings. The van der Waals surface area contributed by atoms with Crippen LogP contribution in [0.2, 0.25) is 0 Å². The number of hydrogen-bond acceptors (Lipinski definition) is 8. The van der Waals surface area contributed by atoms with E-state index in [1.165, 1.54) is 13.3 Å². The Morgan fingerprint density at radius 1 is 1.03 bits per heavy atom. The Kier molecular flexibility index (Phi) is 6.28. The van der Waals surface area contributed by atoms with Gasteiger partial charge in [-0.25, -0.2) is 0 Å². The predicted molar refractivity (Wildman–Crippen MR) is 143 cm³/mol. The summed E-state index contributed by atoms with van der Waals surface area (Å²) in [6.07, 6.45) is 5.35. The number of aromatic nitrogens is 2. The van der Waals surface area contributed by atoms with E-state index >= 15 is 0 Å². The molecule has 2 aromatic carbocycles. The lowest BCUT2D eigenvalue weighted by Gasteiger charge is -2.41. The molecule has 1 fully saturated rings. The Balaban J connectivity index is 1.54. The Morgan fingerprint density at radius 3 is 2.51 bits per heavy atom. The molecule has 0 saturated heterocycles. The highest BCUT2D eigenvalue weighted by molar-refractivity contribution is 5.59. The lowest BCUT2D eigenvalue weighted by Crippen LogP contribution is -2.52. The summed E-state index contributed by atoms with van der Waals surface area (Å²) in [7, 11) is 1.51. The first-order valence-corrected chi connectivity index (χ1v) is 12.8. The van der Waals surface area contributed by atoms with Crippen LogP contribution in [0.1, 0.15) is 33.7 Å². The minimum absolute atomic E-state index is 0.334. The van der Waals surface area contributed by atoms with Gasteiger partial charge in [-0.2, -0.15) is 5.26 Å². The fourth-order valence-corrected chi connectivity index (χ4v) is 6.44. The van der Waals surface area contributed by atoms with E-state index in [0.29, 0.717) is 41.3 Å². The van der Waals surface area contributed by atoms with Gasteiger partial charge in [0.25, 0.3) is 0 Å². The summed E-state index contributed by atoms with van der Waals surface area (Å²) in [6.45, 7) is 0.938. The first-order valence-electron chi connectivity index (χ1n) is 12.8.